The molecule has 19 heavy (non-hydrogen) atoms. The van der Waals surface area contributed by atoms with Gasteiger partial charge in [-0.3, -0.25) is 4.72 Å². The lowest BCUT2D eigenvalue weighted by atomic mass is 10.2. The number of halogens is 1. The van der Waals surface area contributed by atoms with Crippen LogP contribution < -0.4 is 4.72 Å². The van der Waals surface area contributed by atoms with E-state index in [-0.39, 0.29) is 16.3 Å². The van der Waals surface area contributed by atoms with Gasteiger partial charge in [-0.15, -0.1) is 0 Å². The molecule has 0 aliphatic carbocycles. The number of benzene rings is 1. The predicted molar refractivity (Wildman–Crippen MR) is 73.9 cm³/mol. The summed E-state index contributed by atoms with van der Waals surface area (Å²) in [6.45, 7) is 3.98. The van der Waals surface area contributed by atoms with E-state index in [0.29, 0.717) is 13.1 Å². The number of carboxylic acid groups (broad SMARTS) is 1. The first kappa shape index (κ1) is 15.7. The molecule has 0 saturated heterocycles. The molecule has 0 fully saturated rings. The van der Waals surface area contributed by atoms with Gasteiger partial charge in [0.2, 0.25) is 0 Å². The van der Waals surface area contributed by atoms with Gasteiger partial charge in [-0.05, 0) is 18.2 Å². The van der Waals surface area contributed by atoms with Crippen molar-refractivity contribution in [2.45, 2.75) is 13.8 Å². The second kappa shape index (κ2) is 6.23. The van der Waals surface area contributed by atoms with Crippen LogP contribution in [0.5, 0.6) is 0 Å². The quantitative estimate of drug-likeness (QED) is 0.842. The summed E-state index contributed by atoms with van der Waals surface area (Å²) in [4.78, 5) is 11.1. The van der Waals surface area contributed by atoms with Crippen LogP contribution in [0.15, 0.2) is 18.2 Å². The van der Waals surface area contributed by atoms with Gasteiger partial charge in [0.15, 0.2) is 0 Å². The third-order valence-electron chi connectivity index (χ3n) is 2.50. The number of carbonyl (C=O) groups is 1. The van der Waals surface area contributed by atoms with Crippen molar-refractivity contribution < 1.29 is 18.3 Å². The first-order valence-electron chi connectivity index (χ1n) is 5.62. The van der Waals surface area contributed by atoms with E-state index >= 15 is 0 Å². The van der Waals surface area contributed by atoms with E-state index in [9.17, 15) is 13.2 Å². The average Bonchev–Trinajstić information content (AvgIpc) is 2.32. The molecule has 106 valence electrons. The van der Waals surface area contributed by atoms with Crippen molar-refractivity contribution in [3.05, 3.63) is 28.8 Å². The Balaban J connectivity index is 3.16. The number of hydrogen-bond donors (Lipinski definition) is 2. The summed E-state index contributed by atoms with van der Waals surface area (Å²) < 4.78 is 27.5. The molecule has 0 radical (unpaired) electrons. The highest BCUT2D eigenvalue weighted by molar-refractivity contribution is 7.90. The summed E-state index contributed by atoms with van der Waals surface area (Å²) in [5.74, 6) is -1.25. The molecule has 2 N–H and O–H groups in total. The summed E-state index contributed by atoms with van der Waals surface area (Å²) in [7, 11) is -3.77. The second-order valence-electron chi connectivity index (χ2n) is 3.69. The number of rotatable bonds is 6. The lowest BCUT2D eigenvalue weighted by Crippen LogP contribution is -2.35. The van der Waals surface area contributed by atoms with E-state index in [1.807, 2.05) is 0 Å². The Hall–Kier alpha value is -1.31. The highest BCUT2D eigenvalue weighted by atomic mass is 35.5. The van der Waals surface area contributed by atoms with Crippen LogP contribution in [0.3, 0.4) is 0 Å². The maximum absolute atomic E-state index is 12.0. The van der Waals surface area contributed by atoms with Gasteiger partial charge in [0.1, 0.15) is 0 Å². The Bertz CT molecular complexity index is 570. The van der Waals surface area contributed by atoms with Crippen molar-refractivity contribution >= 4 is 33.5 Å². The fraction of sp³-hybridized carbons (Fsp3) is 0.364. The van der Waals surface area contributed by atoms with Crippen molar-refractivity contribution in [2.24, 2.45) is 0 Å². The fourth-order valence-electron chi connectivity index (χ4n) is 1.55. The lowest BCUT2D eigenvalue weighted by Gasteiger charge is -2.20. The zero-order valence-corrected chi connectivity index (χ0v) is 12.1. The van der Waals surface area contributed by atoms with Crippen LogP contribution in [-0.4, -0.2) is 36.9 Å². The zero-order chi connectivity index (χ0) is 14.6. The van der Waals surface area contributed by atoms with E-state index in [0.717, 1.165) is 0 Å². The van der Waals surface area contributed by atoms with E-state index in [4.69, 9.17) is 16.7 Å². The molecule has 0 bridgehead atoms. The monoisotopic (exact) mass is 306 g/mol. The maximum Gasteiger partial charge on any atom is 0.337 e. The third-order valence-corrected chi connectivity index (χ3v) is 4.41. The van der Waals surface area contributed by atoms with E-state index in [1.165, 1.54) is 22.5 Å². The van der Waals surface area contributed by atoms with Crippen molar-refractivity contribution in [3.63, 3.8) is 0 Å². The normalized spacial score (nSPS) is 11.6. The van der Waals surface area contributed by atoms with E-state index in [1.54, 1.807) is 13.8 Å². The molecule has 0 amide bonds. The Kier molecular flexibility index (Phi) is 5.16. The van der Waals surface area contributed by atoms with Gasteiger partial charge in [-0.25, -0.2) is 4.79 Å². The first-order valence-corrected chi connectivity index (χ1v) is 7.44. The third kappa shape index (κ3) is 3.82. The smallest absolute Gasteiger partial charge is 0.337 e. The van der Waals surface area contributed by atoms with Gasteiger partial charge in [0.25, 0.3) is 0 Å². The molecule has 0 heterocycles. The van der Waals surface area contributed by atoms with Crippen molar-refractivity contribution in [1.82, 2.24) is 4.31 Å². The molecule has 8 heteroatoms. The van der Waals surface area contributed by atoms with Gasteiger partial charge in [0.05, 0.1) is 11.3 Å². The van der Waals surface area contributed by atoms with E-state index in [2.05, 4.69) is 4.72 Å². The number of nitrogens with one attached hydrogen (secondary N) is 1. The minimum Gasteiger partial charge on any atom is -0.478 e. The van der Waals surface area contributed by atoms with Crippen LogP contribution in [0.2, 0.25) is 5.02 Å². The molecule has 6 nitrogen and oxygen atoms in total. The Morgan fingerprint density at radius 1 is 1.37 bits per heavy atom. The van der Waals surface area contributed by atoms with Crippen LogP contribution >= 0.6 is 11.6 Å². The average molecular weight is 307 g/mol. The predicted octanol–water partition coefficient (Wildman–Crippen LogP) is 2.04. The molecule has 0 aromatic heterocycles. The largest absolute Gasteiger partial charge is 0.478 e. The van der Waals surface area contributed by atoms with E-state index < -0.39 is 16.2 Å². The van der Waals surface area contributed by atoms with Crippen molar-refractivity contribution in [1.29, 1.82) is 0 Å². The number of carboxylic acids is 1. The van der Waals surface area contributed by atoms with Gasteiger partial charge in [-0.2, -0.15) is 12.7 Å². The first-order chi connectivity index (χ1) is 8.81. The highest BCUT2D eigenvalue weighted by Crippen LogP contribution is 2.22. The van der Waals surface area contributed by atoms with Gasteiger partial charge >= 0.3 is 16.2 Å². The van der Waals surface area contributed by atoms with Gasteiger partial charge in [-0.1, -0.05) is 25.4 Å². The Morgan fingerprint density at radius 3 is 2.42 bits per heavy atom. The summed E-state index contributed by atoms with van der Waals surface area (Å²) in [5, 5.41) is 9.26. The van der Waals surface area contributed by atoms with Crippen LogP contribution in [0.1, 0.15) is 24.2 Å². The van der Waals surface area contributed by atoms with Crippen molar-refractivity contribution in [3.8, 4) is 0 Å². The molecule has 0 unspecified atom stereocenters. The van der Waals surface area contributed by atoms with Crippen LogP contribution in [0, 0.1) is 0 Å². The standard InChI is InChI=1S/C11H15ClN2O4S/c1-3-14(4-2)19(17,18)13-10-6-5-8(12)7-9(10)11(15)16/h5-7,13H,3-4H2,1-2H3,(H,15,16). The Morgan fingerprint density at radius 2 is 1.95 bits per heavy atom. The maximum atomic E-state index is 12.0. The summed E-state index contributed by atoms with van der Waals surface area (Å²) in [6.07, 6.45) is 0. The van der Waals surface area contributed by atoms with Gasteiger partial charge in [0, 0.05) is 18.1 Å². The minimum atomic E-state index is -3.77. The Labute approximate surface area is 117 Å². The number of nitrogens with zero attached hydrogens (tertiary/aromatic N) is 1. The topological polar surface area (TPSA) is 86.7 Å². The van der Waals surface area contributed by atoms with Crippen LogP contribution in [0.4, 0.5) is 5.69 Å². The van der Waals surface area contributed by atoms with Crippen LogP contribution in [-0.2, 0) is 10.2 Å². The number of anilines is 1. The van der Waals surface area contributed by atoms with Crippen molar-refractivity contribution in [2.75, 3.05) is 17.8 Å². The summed E-state index contributed by atoms with van der Waals surface area (Å²) in [6, 6.07) is 3.95. The molecule has 0 aliphatic heterocycles. The molecular weight excluding hydrogens is 292 g/mol. The molecule has 0 spiro atoms. The molecule has 0 aliphatic rings. The molecular formula is C11H15ClN2O4S. The molecule has 0 atom stereocenters. The lowest BCUT2D eigenvalue weighted by molar-refractivity contribution is 0.0698. The minimum absolute atomic E-state index is 0.0104. The molecule has 1 aromatic carbocycles. The van der Waals surface area contributed by atoms with Gasteiger partial charge < -0.3 is 5.11 Å². The molecule has 0 saturated carbocycles. The molecule has 1 rings (SSSR count). The summed E-state index contributed by atoms with van der Waals surface area (Å²) >= 11 is 5.70. The van der Waals surface area contributed by atoms with Crippen LogP contribution in [0.25, 0.3) is 0 Å². The molecule has 1 aromatic rings. The zero-order valence-electron chi connectivity index (χ0n) is 10.6. The number of hydrogen-bond acceptors (Lipinski definition) is 3. The SMILES string of the molecule is CCN(CC)S(=O)(=O)Nc1ccc(Cl)cc1C(=O)O. The fourth-order valence-corrected chi connectivity index (χ4v) is 2.99. The number of aromatic carboxylic acids is 1. The highest BCUT2D eigenvalue weighted by Gasteiger charge is 2.21. The summed E-state index contributed by atoms with van der Waals surface area (Å²) in [5.41, 5.74) is -0.202. The second-order valence-corrected chi connectivity index (χ2v) is 5.79.